The van der Waals surface area contributed by atoms with Crippen molar-refractivity contribution in [3.8, 4) is 22.9 Å². The van der Waals surface area contributed by atoms with Crippen LogP contribution >= 0.6 is 12.4 Å². The van der Waals surface area contributed by atoms with Crippen molar-refractivity contribution >= 4 is 24.3 Å². The number of carbonyl (C=O) groups is 1. The van der Waals surface area contributed by atoms with Gasteiger partial charge in [0.25, 0.3) is 5.91 Å². The maximum absolute atomic E-state index is 12.5. The number of aromatic amines is 1. The van der Waals surface area contributed by atoms with Crippen LogP contribution in [0.5, 0.6) is 11.5 Å². The summed E-state index contributed by atoms with van der Waals surface area (Å²) in [6.07, 6.45) is 3.97. The summed E-state index contributed by atoms with van der Waals surface area (Å²) in [7, 11) is 3.15. The van der Waals surface area contributed by atoms with Gasteiger partial charge in [-0.15, -0.1) is 17.5 Å². The molecule has 0 aliphatic carbocycles. The quantitative estimate of drug-likeness (QED) is 0.545. The van der Waals surface area contributed by atoms with Crippen molar-refractivity contribution in [3.63, 3.8) is 0 Å². The first kappa shape index (κ1) is 21.6. The molecule has 3 heterocycles. The van der Waals surface area contributed by atoms with E-state index in [9.17, 15) is 4.79 Å². The normalized spacial score (nSPS) is 15.9. The molecule has 30 heavy (non-hydrogen) atoms. The smallest absolute Gasteiger partial charge is 0.278 e. The van der Waals surface area contributed by atoms with Gasteiger partial charge in [0.2, 0.25) is 5.95 Å². The highest BCUT2D eigenvalue weighted by Gasteiger charge is 2.19. The number of ether oxygens (including phenoxy) is 2. The van der Waals surface area contributed by atoms with Gasteiger partial charge in [0.1, 0.15) is 11.5 Å². The molecule has 160 valence electrons. The van der Waals surface area contributed by atoms with E-state index in [2.05, 4.69) is 30.9 Å². The summed E-state index contributed by atoms with van der Waals surface area (Å²) in [5.41, 5.74) is 1.03. The molecule has 0 bridgehead atoms. The van der Waals surface area contributed by atoms with Gasteiger partial charge in [-0.25, -0.2) is 0 Å². The minimum Gasteiger partial charge on any atom is -0.497 e. The van der Waals surface area contributed by atoms with Gasteiger partial charge in [-0.1, -0.05) is 0 Å². The molecule has 1 fully saturated rings. The third kappa shape index (κ3) is 4.55. The Morgan fingerprint density at radius 1 is 1.27 bits per heavy atom. The van der Waals surface area contributed by atoms with Crippen LogP contribution in [0.4, 0.5) is 5.95 Å². The summed E-state index contributed by atoms with van der Waals surface area (Å²) in [4.78, 5) is 16.9. The molecule has 1 aliphatic rings. The Morgan fingerprint density at radius 3 is 2.87 bits per heavy atom. The van der Waals surface area contributed by atoms with E-state index in [1.54, 1.807) is 32.4 Å². The summed E-state index contributed by atoms with van der Waals surface area (Å²) >= 11 is 0. The van der Waals surface area contributed by atoms with Crippen LogP contribution in [0.1, 0.15) is 29.4 Å². The minimum absolute atomic E-state index is 0. The number of halogens is 1. The van der Waals surface area contributed by atoms with Crippen LogP contribution in [-0.4, -0.2) is 58.2 Å². The molecule has 11 heteroatoms. The monoisotopic (exact) mass is 433 g/mol. The van der Waals surface area contributed by atoms with Crippen molar-refractivity contribution in [2.75, 3.05) is 32.6 Å². The fraction of sp³-hybridized carbons (Fsp3) is 0.368. The molecule has 0 saturated carbocycles. The topological polar surface area (TPSA) is 119 Å². The van der Waals surface area contributed by atoms with Crippen molar-refractivity contribution in [2.45, 2.75) is 18.9 Å². The van der Waals surface area contributed by atoms with Gasteiger partial charge < -0.3 is 14.8 Å². The van der Waals surface area contributed by atoms with Crippen molar-refractivity contribution in [1.29, 1.82) is 0 Å². The molecular weight excluding hydrogens is 410 g/mol. The third-order valence-electron chi connectivity index (χ3n) is 4.86. The Kier molecular flexibility index (Phi) is 6.91. The van der Waals surface area contributed by atoms with Crippen molar-refractivity contribution in [1.82, 2.24) is 30.3 Å². The predicted molar refractivity (Wildman–Crippen MR) is 113 cm³/mol. The molecule has 0 radical (unpaired) electrons. The molecule has 1 unspecified atom stereocenters. The van der Waals surface area contributed by atoms with Gasteiger partial charge in [0, 0.05) is 18.8 Å². The largest absolute Gasteiger partial charge is 0.497 e. The number of carbonyl (C=O) groups excluding carboxylic acids is 1. The Morgan fingerprint density at radius 2 is 2.13 bits per heavy atom. The second-order valence-electron chi connectivity index (χ2n) is 6.71. The van der Waals surface area contributed by atoms with Gasteiger partial charge in [-0.05, 0) is 37.6 Å². The Bertz CT molecular complexity index is 998. The summed E-state index contributed by atoms with van der Waals surface area (Å²) in [6.45, 7) is 1.88. The van der Waals surface area contributed by atoms with E-state index >= 15 is 0 Å². The molecule has 1 saturated heterocycles. The number of aromatic nitrogens is 5. The lowest BCUT2D eigenvalue weighted by molar-refractivity contribution is 0.102. The van der Waals surface area contributed by atoms with Crippen LogP contribution in [0.25, 0.3) is 11.4 Å². The number of methoxy groups -OCH3 is 2. The summed E-state index contributed by atoms with van der Waals surface area (Å²) in [6, 6.07) is 7.32. The van der Waals surface area contributed by atoms with Crippen LogP contribution in [0.2, 0.25) is 0 Å². The Balaban J connectivity index is 0.00000256. The van der Waals surface area contributed by atoms with Crippen LogP contribution in [-0.2, 0) is 0 Å². The average molecular weight is 434 g/mol. The standard InChI is InChI=1S/C19H23N7O3.ClH/c1-28-13-5-6-14(16(10-13)29-2)17-21-19(24-23-17)22-18(27)15-7-9-26(25-15)12-4-3-8-20-11-12;/h5-7,9-10,12,20H,3-4,8,11H2,1-2H3,(H2,21,22,23,24,27);1H. The first-order chi connectivity index (χ1) is 14.2. The highest BCUT2D eigenvalue weighted by Crippen LogP contribution is 2.31. The number of H-pyrrole nitrogens is 1. The van der Waals surface area contributed by atoms with Crippen LogP contribution in [0.3, 0.4) is 0 Å². The molecule has 3 aromatic rings. The lowest BCUT2D eigenvalue weighted by Gasteiger charge is -2.22. The summed E-state index contributed by atoms with van der Waals surface area (Å²) in [5, 5.41) is 17.3. The van der Waals surface area contributed by atoms with Crippen molar-refractivity contribution < 1.29 is 14.3 Å². The molecule has 4 rings (SSSR count). The Labute approximate surface area is 179 Å². The molecule has 10 nitrogen and oxygen atoms in total. The van der Waals surface area contributed by atoms with E-state index in [-0.39, 0.29) is 30.3 Å². The van der Waals surface area contributed by atoms with Crippen LogP contribution < -0.4 is 20.1 Å². The fourth-order valence-electron chi connectivity index (χ4n) is 3.32. The Hall–Kier alpha value is -3.11. The molecule has 1 amide bonds. The molecule has 0 spiro atoms. The van der Waals surface area contributed by atoms with Crippen molar-refractivity contribution in [2.24, 2.45) is 0 Å². The van der Waals surface area contributed by atoms with E-state index in [1.165, 1.54) is 0 Å². The van der Waals surface area contributed by atoms with Crippen molar-refractivity contribution in [3.05, 3.63) is 36.2 Å². The summed E-state index contributed by atoms with van der Waals surface area (Å²) in [5.74, 6) is 1.52. The fourth-order valence-corrected chi connectivity index (χ4v) is 3.32. The number of nitrogens with zero attached hydrogens (tertiary/aromatic N) is 4. The SMILES string of the molecule is COc1ccc(-c2nc(NC(=O)c3ccn(C4CCCNC4)n3)n[nH]2)c(OC)c1.Cl. The molecule has 1 aliphatic heterocycles. The second-order valence-corrected chi connectivity index (χ2v) is 6.71. The lowest BCUT2D eigenvalue weighted by Crippen LogP contribution is -2.32. The second kappa shape index (κ2) is 9.59. The number of benzene rings is 1. The maximum Gasteiger partial charge on any atom is 0.278 e. The van der Waals surface area contributed by atoms with E-state index in [0.717, 1.165) is 25.9 Å². The van der Waals surface area contributed by atoms with Gasteiger partial charge in [0.05, 0.1) is 25.8 Å². The molecule has 2 aromatic heterocycles. The molecule has 1 aromatic carbocycles. The number of anilines is 1. The predicted octanol–water partition coefficient (Wildman–Crippen LogP) is 2.28. The molecular formula is C19H24ClN7O3. The zero-order chi connectivity index (χ0) is 20.2. The number of hydrogen-bond donors (Lipinski definition) is 3. The highest BCUT2D eigenvalue weighted by molar-refractivity contribution is 6.01. The number of piperidine rings is 1. The first-order valence-corrected chi connectivity index (χ1v) is 9.40. The number of hydrogen-bond acceptors (Lipinski definition) is 7. The van der Waals surface area contributed by atoms with E-state index < -0.39 is 0 Å². The molecule has 1 atom stereocenters. The van der Waals surface area contributed by atoms with Crippen LogP contribution in [0.15, 0.2) is 30.5 Å². The highest BCUT2D eigenvalue weighted by atomic mass is 35.5. The lowest BCUT2D eigenvalue weighted by atomic mass is 10.1. The van der Waals surface area contributed by atoms with Gasteiger partial charge in [-0.2, -0.15) is 10.1 Å². The van der Waals surface area contributed by atoms with Gasteiger partial charge in [0.15, 0.2) is 11.5 Å². The first-order valence-electron chi connectivity index (χ1n) is 9.40. The van der Waals surface area contributed by atoms with Crippen LogP contribution in [0, 0.1) is 0 Å². The summed E-state index contributed by atoms with van der Waals surface area (Å²) < 4.78 is 12.4. The van der Waals surface area contributed by atoms with Gasteiger partial charge in [-0.3, -0.25) is 19.9 Å². The third-order valence-corrected chi connectivity index (χ3v) is 4.86. The zero-order valence-corrected chi connectivity index (χ0v) is 17.5. The maximum atomic E-state index is 12.5. The average Bonchev–Trinajstić information content (AvgIpc) is 3.44. The van der Waals surface area contributed by atoms with E-state index in [0.29, 0.717) is 28.6 Å². The number of rotatable bonds is 6. The number of nitrogens with one attached hydrogen (secondary N) is 3. The molecule has 3 N–H and O–H groups in total. The van der Waals surface area contributed by atoms with E-state index in [4.69, 9.17) is 9.47 Å². The minimum atomic E-state index is -0.361. The zero-order valence-electron chi connectivity index (χ0n) is 16.7. The number of amides is 1. The van der Waals surface area contributed by atoms with E-state index in [1.807, 2.05) is 16.9 Å². The van der Waals surface area contributed by atoms with Gasteiger partial charge >= 0.3 is 0 Å².